The molecule has 1 aromatic carbocycles. The first kappa shape index (κ1) is 16.1. The number of alkyl halides is 3. The Hall–Kier alpha value is -1.80. The largest absolute Gasteiger partial charge is 0.405 e. The number of hydrogen-bond donors (Lipinski definition) is 0. The van der Waals surface area contributed by atoms with Crippen molar-refractivity contribution < 1.29 is 27.4 Å². The van der Waals surface area contributed by atoms with Crippen molar-refractivity contribution in [3.05, 3.63) is 24.3 Å². The third-order valence-electron chi connectivity index (χ3n) is 3.83. The number of halogens is 3. The Morgan fingerprint density at radius 3 is 2.57 bits per heavy atom. The quantitative estimate of drug-likeness (QED) is 0.830. The van der Waals surface area contributed by atoms with Crippen LogP contribution in [0.4, 0.5) is 24.5 Å². The molecule has 1 saturated heterocycles. The van der Waals surface area contributed by atoms with Gasteiger partial charge in [0.25, 0.3) is 5.91 Å². The number of fused-ring (bicyclic) bond motifs is 1. The molecule has 1 aromatic rings. The number of amides is 1. The number of anilines is 2. The summed E-state index contributed by atoms with van der Waals surface area (Å²) < 4.78 is 48.8. The number of ether oxygens (including phenoxy) is 2. The Balaban J connectivity index is 1.83. The summed E-state index contributed by atoms with van der Waals surface area (Å²) in [5.41, 5.74) is 0.878. The van der Waals surface area contributed by atoms with E-state index < -0.39 is 18.8 Å². The minimum absolute atomic E-state index is 0.121. The van der Waals surface area contributed by atoms with Crippen molar-refractivity contribution in [3.8, 4) is 0 Å². The van der Waals surface area contributed by atoms with Gasteiger partial charge in [-0.1, -0.05) is 12.1 Å². The van der Waals surface area contributed by atoms with E-state index in [0.29, 0.717) is 24.6 Å². The standard InChI is InChI=1S/C15H17F3N2O3/c16-15(17,18)10-19-5-6-20(12-4-2-1-3-11(12)19)14(21)13-9-22-7-8-23-13/h1-4,13H,5-10H2/t13-/m0/s1. The van der Waals surface area contributed by atoms with Crippen LogP contribution in [0.25, 0.3) is 0 Å². The minimum atomic E-state index is -4.29. The van der Waals surface area contributed by atoms with Gasteiger partial charge in [-0.3, -0.25) is 4.79 Å². The first-order chi connectivity index (χ1) is 11.0. The highest BCUT2D eigenvalue weighted by molar-refractivity contribution is 6.00. The van der Waals surface area contributed by atoms with Gasteiger partial charge in [-0.15, -0.1) is 0 Å². The van der Waals surface area contributed by atoms with E-state index in [1.54, 1.807) is 24.3 Å². The minimum Gasteiger partial charge on any atom is -0.376 e. The molecule has 1 amide bonds. The Morgan fingerprint density at radius 2 is 1.91 bits per heavy atom. The van der Waals surface area contributed by atoms with E-state index >= 15 is 0 Å². The molecule has 1 atom stereocenters. The van der Waals surface area contributed by atoms with E-state index in [1.165, 1.54) is 9.80 Å². The van der Waals surface area contributed by atoms with E-state index in [-0.39, 0.29) is 25.6 Å². The highest BCUT2D eigenvalue weighted by Crippen LogP contribution is 2.35. The van der Waals surface area contributed by atoms with Crippen LogP contribution in [0, 0.1) is 0 Å². The van der Waals surface area contributed by atoms with Gasteiger partial charge in [-0.25, -0.2) is 0 Å². The molecule has 0 saturated carbocycles. The zero-order valence-corrected chi connectivity index (χ0v) is 12.4. The third kappa shape index (κ3) is 3.59. The van der Waals surface area contributed by atoms with Gasteiger partial charge in [-0.2, -0.15) is 13.2 Å². The Bertz CT molecular complexity index is 573. The van der Waals surface area contributed by atoms with E-state index in [4.69, 9.17) is 9.47 Å². The van der Waals surface area contributed by atoms with Crippen LogP contribution in [0.15, 0.2) is 24.3 Å². The molecular formula is C15H17F3N2O3. The molecule has 0 N–H and O–H groups in total. The van der Waals surface area contributed by atoms with Gasteiger partial charge in [-0.05, 0) is 12.1 Å². The monoisotopic (exact) mass is 330 g/mol. The zero-order valence-electron chi connectivity index (χ0n) is 12.4. The molecule has 0 aliphatic carbocycles. The molecule has 1 fully saturated rings. The van der Waals surface area contributed by atoms with E-state index in [1.807, 2.05) is 0 Å². The molecule has 0 unspecified atom stereocenters. The fourth-order valence-electron chi connectivity index (χ4n) is 2.84. The number of nitrogens with zero attached hydrogens (tertiary/aromatic N) is 2. The smallest absolute Gasteiger partial charge is 0.376 e. The second kappa shape index (κ2) is 6.37. The zero-order chi connectivity index (χ0) is 16.4. The molecule has 126 valence electrons. The summed E-state index contributed by atoms with van der Waals surface area (Å²) in [6.45, 7) is 0.228. The van der Waals surface area contributed by atoms with Crippen LogP contribution in [0.3, 0.4) is 0 Å². The molecule has 0 radical (unpaired) electrons. The van der Waals surface area contributed by atoms with Crippen LogP contribution in [-0.4, -0.2) is 57.6 Å². The Kier molecular flexibility index (Phi) is 4.45. The van der Waals surface area contributed by atoms with Crippen molar-refractivity contribution in [1.29, 1.82) is 0 Å². The lowest BCUT2D eigenvalue weighted by Gasteiger charge is -2.39. The maximum absolute atomic E-state index is 12.7. The van der Waals surface area contributed by atoms with Crippen molar-refractivity contribution in [2.75, 3.05) is 49.3 Å². The number of hydrogen-bond acceptors (Lipinski definition) is 4. The van der Waals surface area contributed by atoms with Crippen molar-refractivity contribution in [3.63, 3.8) is 0 Å². The Labute approximate surface area is 131 Å². The molecule has 2 aliphatic rings. The third-order valence-corrected chi connectivity index (χ3v) is 3.83. The number of para-hydroxylation sites is 2. The topological polar surface area (TPSA) is 42.0 Å². The lowest BCUT2D eigenvalue weighted by atomic mass is 10.1. The normalized spacial score (nSPS) is 22.0. The van der Waals surface area contributed by atoms with Crippen molar-refractivity contribution in [2.24, 2.45) is 0 Å². The highest BCUT2D eigenvalue weighted by atomic mass is 19.4. The molecule has 0 bridgehead atoms. The molecule has 2 aliphatic heterocycles. The van der Waals surface area contributed by atoms with Gasteiger partial charge in [0, 0.05) is 13.1 Å². The molecule has 8 heteroatoms. The molecule has 0 spiro atoms. The van der Waals surface area contributed by atoms with Gasteiger partial charge in [0.1, 0.15) is 6.54 Å². The molecule has 5 nitrogen and oxygen atoms in total. The Morgan fingerprint density at radius 1 is 1.17 bits per heavy atom. The van der Waals surface area contributed by atoms with Crippen molar-refractivity contribution in [2.45, 2.75) is 12.3 Å². The fraction of sp³-hybridized carbons (Fsp3) is 0.533. The first-order valence-corrected chi connectivity index (χ1v) is 7.37. The highest BCUT2D eigenvalue weighted by Gasteiger charge is 2.37. The van der Waals surface area contributed by atoms with E-state index in [2.05, 4.69) is 0 Å². The second-order valence-corrected chi connectivity index (χ2v) is 5.45. The predicted octanol–water partition coefficient (Wildman–Crippen LogP) is 1.82. The second-order valence-electron chi connectivity index (χ2n) is 5.45. The molecule has 0 aromatic heterocycles. The van der Waals surface area contributed by atoms with Gasteiger partial charge < -0.3 is 19.3 Å². The summed E-state index contributed by atoms with van der Waals surface area (Å²) in [6.07, 6.45) is -4.99. The van der Waals surface area contributed by atoms with Crippen LogP contribution in [0.1, 0.15) is 0 Å². The summed E-state index contributed by atoms with van der Waals surface area (Å²) in [7, 11) is 0. The molecule has 23 heavy (non-hydrogen) atoms. The van der Waals surface area contributed by atoms with Crippen molar-refractivity contribution >= 4 is 17.3 Å². The van der Waals surface area contributed by atoms with Gasteiger partial charge in [0.05, 0.1) is 31.2 Å². The SMILES string of the molecule is O=C([C@@H]1COCCO1)N1CCN(CC(F)(F)F)c2ccccc21. The van der Waals surface area contributed by atoms with Crippen LogP contribution in [0.2, 0.25) is 0 Å². The van der Waals surface area contributed by atoms with Crippen LogP contribution >= 0.6 is 0 Å². The van der Waals surface area contributed by atoms with Gasteiger partial charge >= 0.3 is 6.18 Å². The van der Waals surface area contributed by atoms with Gasteiger partial charge in [0.2, 0.25) is 0 Å². The maximum atomic E-state index is 12.7. The van der Waals surface area contributed by atoms with Crippen LogP contribution in [0.5, 0.6) is 0 Å². The maximum Gasteiger partial charge on any atom is 0.405 e. The fourth-order valence-corrected chi connectivity index (χ4v) is 2.84. The summed E-state index contributed by atoms with van der Waals surface area (Å²) in [6, 6.07) is 6.61. The number of carbonyl (C=O) groups is 1. The average Bonchev–Trinajstić information content (AvgIpc) is 2.54. The van der Waals surface area contributed by atoms with Gasteiger partial charge in [0.15, 0.2) is 6.10 Å². The lowest BCUT2D eigenvalue weighted by molar-refractivity contribution is -0.144. The molecule has 3 rings (SSSR count). The summed E-state index contributed by atoms with van der Waals surface area (Å²) >= 11 is 0. The summed E-state index contributed by atoms with van der Waals surface area (Å²) in [5.74, 6) is -0.274. The molecule has 2 heterocycles. The molecular weight excluding hydrogens is 313 g/mol. The average molecular weight is 330 g/mol. The number of benzene rings is 1. The van der Waals surface area contributed by atoms with Crippen LogP contribution in [-0.2, 0) is 14.3 Å². The van der Waals surface area contributed by atoms with Crippen molar-refractivity contribution in [1.82, 2.24) is 0 Å². The lowest BCUT2D eigenvalue weighted by Crippen LogP contribution is -2.51. The number of carbonyl (C=O) groups excluding carboxylic acids is 1. The summed E-state index contributed by atoms with van der Waals surface area (Å²) in [4.78, 5) is 15.3. The van der Waals surface area contributed by atoms with E-state index in [0.717, 1.165) is 0 Å². The summed E-state index contributed by atoms with van der Waals surface area (Å²) in [5, 5.41) is 0. The number of rotatable bonds is 2. The predicted molar refractivity (Wildman–Crippen MR) is 77.6 cm³/mol. The van der Waals surface area contributed by atoms with Crippen LogP contribution < -0.4 is 9.80 Å². The first-order valence-electron chi connectivity index (χ1n) is 7.37. The van der Waals surface area contributed by atoms with E-state index in [9.17, 15) is 18.0 Å².